The summed E-state index contributed by atoms with van der Waals surface area (Å²) in [6.45, 7) is 5.87. The molecule has 0 bridgehead atoms. The molecule has 0 heterocycles. The molecule has 0 aliphatic heterocycles. The minimum absolute atomic E-state index is 0.00728. The van der Waals surface area contributed by atoms with Crippen molar-refractivity contribution in [3.8, 4) is 5.75 Å². The zero-order valence-electron chi connectivity index (χ0n) is 12.0. The van der Waals surface area contributed by atoms with E-state index in [1.165, 1.54) is 0 Å². The molecule has 1 unspecified atom stereocenters. The van der Waals surface area contributed by atoms with E-state index in [1.54, 1.807) is 0 Å². The molecular weight excluding hydrogens is 240 g/mol. The van der Waals surface area contributed by atoms with Crippen LogP contribution < -0.4 is 15.4 Å². The Morgan fingerprint density at radius 3 is 2.79 bits per heavy atom. The number of hydrogen-bond donors (Lipinski definition) is 2. The van der Waals surface area contributed by atoms with Crippen LogP contribution in [0, 0.1) is 5.92 Å². The highest BCUT2D eigenvalue weighted by molar-refractivity contribution is 5.78. The van der Waals surface area contributed by atoms with Gasteiger partial charge in [-0.3, -0.25) is 4.79 Å². The lowest BCUT2D eigenvalue weighted by Crippen LogP contribution is -2.35. The minimum Gasteiger partial charge on any atom is -0.494 e. The maximum Gasteiger partial charge on any atom is 0.224 e. The van der Waals surface area contributed by atoms with Gasteiger partial charge in [-0.15, -0.1) is 0 Å². The van der Waals surface area contributed by atoms with Gasteiger partial charge in [-0.2, -0.15) is 0 Å². The summed E-state index contributed by atoms with van der Waals surface area (Å²) in [5.41, 5.74) is 1.13. The van der Waals surface area contributed by atoms with Gasteiger partial charge >= 0.3 is 0 Å². The van der Waals surface area contributed by atoms with E-state index in [1.807, 2.05) is 45.2 Å². The van der Waals surface area contributed by atoms with Crippen LogP contribution in [-0.2, 0) is 11.2 Å². The molecule has 1 rings (SSSR count). The first kappa shape index (κ1) is 15.5. The second-order valence-corrected chi connectivity index (χ2v) is 4.54. The fourth-order valence-electron chi connectivity index (χ4n) is 1.90. The van der Waals surface area contributed by atoms with Crippen molar-refractivity contribution in [2.24, 2.45) is 5.92 Å². The van der Waals surface area contributed by atoms with Gasteiger partial charge in [0.25, 0.3) is 0 Å². The molecule has 0 radical (unpaired) electrons. The first-order chi connectivity index (χ1) is 9.19. The number of carbonyl (C=O) groups excluding carboxylic acids is 1. The SMILES string of the molecule is CCOc1ccccc1CCNC(=O)C(C)CNC. The highest BCUT2D eigenvalue weighted by Gasteiger charge is 2.11. The van der Waals surface area contributed by atoms with Gasteiger partial charge in [0.15, 0.2) is 0 Å². The van der Waals surface area contributed by atoms with Crippen molar-refractivity contribution in [3.63, 3.8) is 0 Å². The molecule has 0 saturated carbocycles. The second-order valence-electron chi connectivity index (χ2n) is 4.54. The molecule has 1 aromatic rings. The average Bonchev–Trinajstić information content (AvgIpc) is 2.41. The van der Waals surface area contributed by atoms with Crippen LogP contribution in [0.4, 0.5) is 0 Å². The van der Waals surface area contributed by atoms with Gasteiger partial charge in [0.05, 0.1) is 6.61 Å². The molecule has 19 heavy (non-hydrogen) atoms. The second kappa shape index (κ2) is 8.53. The molecule has 2 N–H and O–H groups in total. The van der Waals surface area contributed by atoms with Crippen molar-refractivity contribution in [3.05, 3.63) is 29.8 Å². The fourth-order valence-corrected chi connectivity index (χ4v) is 1.90. The van der Waals surface area contributed by atoms with Gasteiger partial charge in [0, 0.05) is 19.0 Å². The number of benzene rings is 1. The summed E-state index contributed by atoms with van der Waals surface area (Å²) in [5.74, 6) is 0.984. The predicted molar refractivity (Wildman–Crippen MR) is 77.4 cm³/mol. The van der Waals surface area contributed by atoms with E-state index in [4.69, 9.17) is 4.74 Å². The molecular formula is C15H24N2O2. The van der Waals surface area contributed by atoms with Gasteiger partial charge in [-0.25, -0.2) is 0 Å². The minimum atomic E-state index is -0.00728. The average molecular weight is 264 g/mol. The molecule has 4 heteroatoms. The first-order valence-electron chi connectivity index (χ1n) is 6.82. The van der Waals surface area contributed by atoms with E-state index in [2.05, 4.69) is 10.6 Å². The van der Waals surface area contributed by atoms with E-state index in [9.17, 15) is 4.79 Å². The maximum atomic E-state index is 11.8. The standard InChI is InChI=1S/C15H24N2O2/c1-4-19-14-8-6-5-7-13(14)9-10-17-15(18)12(2)11-16-3/h5-8,12,16H,4,9-11H2,1-3H3,(H,17,18). The van der Waals surface area contributed by atoms with Crippen molar-refractivity contribution >= 4 is 5.91 Å². The van der Waals surface area contributed by atoms with Crippen LogP contribution in [0.15, 0.2) is 24.3 Å². The van der Waals surface area contributed by atoms with E-state index in [0.717, 1.165) is 17.7 Å². The van der Waals surface area contributed by atoms with E-state index >= 15 is 0 Å². The molecule has 0 aliphatic rings. The Balaban J connectivity index is 2.42. The summed E-state index contributed by atoms with van der Waals surface area (Å²) in [6, 6.07) is 7.95. The zero-order chi connectivity index (χ0) is 14.1. The topological polar surface area (TPSA) is 50.4 Å². The lowest BCUT2D eigenvalue weighted by atomic mass is 10.1. The van der Waals surface area contributed by atoms with Gasteiger partial charge in [-0.1, -0.05) is 25.1 Å². The van der Waals surface area contributed by atoms with Crippen LogP contribution in [0.25, 0.3) is 0 Å². The number of nitrogens with one attached hydrogen (secondary N) is 2. The molecule has 106 valence electrons. The highest BCUT2D eigenvalue weighted by atomic mass is 16.5. The molecule has 0 aliphatic carbocycles. The summed E-state index contributed by atoms with van der Waals surface area (Å²) in [7, 11) is 1.85. The summed E-state index contributed by atoms with van der Waals surface area (Å²) in [4.78, 5) is 11.8. The molecule has 0 saturated heterocycles. The number of rotatable bonds is 8. The van der Waals surface area contributed by atoms with Crippen LogP contribution in [-0.4, -0.2) is 32.7 Å². The summed E-state index contributed by atoms with van der Waals surface area (Å²) < 4.78 is 5.56. The third-order valence-electron chi connectivity index (χ3n) is 2.92. The van der Waals surface area contributed by atoms with Crippen molar-refractivity contribution in [1.82, 2.24) is 10.6 Å². The zero-order valence-corrected chi connectivity index (χ0v) is 12.0. The maximum absolute atomic E-state index is 11.8. The van der Waals surface area contributed by atoms with Crippen LogP contribution in [0.1, 0.15) is 19.4 Å². The smallest absolute Gasteiger partial charge is 0.224 e. The van der Waals surface area contributed by atoms with Crippen molar-refractivity contribution < 1.29 is 9.53 Å². The lowest BCUT2D eigenvalue weighted by Gasteiger charge is -2.13. The predicted octanol–water partition coefficient (Wildman–Crippen LogP) is 1.60. The molecule has 4 nitrogen and oxygen atoms in total. The number of ether oxygens (including phenoxy) is 1. The van der Waals surface area contributed by atoms with E-state index < -0.39 is 0 Å². The van der Waals surface area contributed by atoms with Crippen LogP contribution in [0.3, 0.4) is 0 Å². The third kappa shape index (κ3) is 5.30. The van der Waals surface area contributed by atoms with Gasteiger partial charge in [0.1, 0.15) is 5.75 Å². The largest absolute Gasteiger partial charge is 0.494 e. The number of hydrogen-bond acceptors (Lipinski definition) is 3. The molecule has 1 amide bonds. The summed E-state index contributed by atoms with van der Waals surface area (Å²) in [6.07, 6.45) is 0.786. The van der Waals surface area contributed by atoms with Crippen LogP contribution in [0.2, 0.25) is 0 Å². The number of para-hydroxylation sites is 1. The third-order valence-corrected chi connectivity index (χ3v) is 2.92. The summed E-state index contributed by atoms with van der Waals surface area (Å²) >= 11 is 0. The molecule has 0 aromatic heterocycles. The monoisotopic (exact) mass is 264 g/mol. The van der Waals surface area contributed by atoms with Crippen molar-refractivity contribution in [2.45, 2.75) is 20.3 Å². The van der Waals surface area contributed by atoms with Crippen molar-refractivity contribution in [2.75, 3.05) is 26.7 Å². The Hall–Kier alpha value is -1.55. The van der Waals surface area contributed by atoms with Crippen LogP contribution >= 0.6 is 0 Å². The Morgan fingerprint density at radius 2 is 2.11 bits per heavy atom. The van der Waals surface area contributed by atoms with Gasteiger partial charge in [-0.05, 0) is 32.0 Å². The van der Waals surface area contributed by atoms with Crippen LogP contribution in [0.5, 0.6) is 5.75 Å². The first-order valence-corrected chi connectivity index (χ1v) is 6.82. The van der Waals surface area contributed by atoms with Gasteiger partial charge < -0.3 is 15.4 Å². The van der Waals surface area contributed by atoms with Crippen molar-refractivity contribution in [1.29, 1.82) is 0 Å². The molecule has 0 spiro atoms. The molecule has 0 fully saturated rings. The Kier molecular flexibility index (Phi) is 6.97. The summed E-state index contributed by atoms with van der Waals surface area (Å²) in [5, 5.41) is 5.95. The number of amides is 1. The fraction of sp³-hybridized carbons (Fsp3) is 0.533. The highest BCUT2D eigenvalue weighted by Crippen LogP contribution is 2.17. The lowest BCUT2D eigenvalue weighted by molar-refractivity contribution is -0.124. The van der Waals surface area contributed by atoms with Gasteiger partial charge in [0.2, 0.25) is 5.91 Å². The number of carbonyl (C=O) groups is 1. The Morgan fingerprint density at radius 1 is 1.37 bits per heavy atom. The quantitative estimate of drug-likeness (QED) is 0.750. The normalized spacial score (nSPS) is 11.9. The molecule has 1 atom stereocenters. The Bertz CT molecular complexity index is 393. The molecule has 1 aromatic carbocycles. The van der Waals surface area contributed by atoms with E-state index in [0.29, 0.717) is 19.7 Å². The van der Waals surface area contributed by atoms with E-state index in [-0.39, 0.29) is 11.8 Å². The Labute approximate surface area is 115 Å².